The van der Waals surface area contributed by atoms with E-state index in [4.69, 9.17) is 5.73 Å². The van der Waals surface area contributed by atoms with Crippen LogP contribution in [-0.2, 0) is 31.9 Å². The van der Waals surface area contributed by atoms with Gasteiger partial charge in [-0.25, -0.2) is 23.3 Å². The van der Waals surface area contributed by atoms with Gasteiger partial charge in [-0.15, -0.1) is 0 Å². The number of nitrogens with zero attached hydrogens (tertiary/aromatic N) is 2. The standard InChI is InChI=1S/C29H35N7O6S/c1-31-43(41,42)20-22-16-14-21(15-17-22)19-33-27(37)25(13-8-18-32-29(30)35-36(39)40)34-28(38)26(23-9-4-2-5-10-23)24-11-6-3-7-12-24/h2-7,9-12,14-17,25-26,31H,8,13,18-20H2,1H3,(H,33,37)(H,34,38)(H3,30,32,35)/t25-/m1/s1. The van der Waals surface area contributed by atoms with Crippen LogP contribution in [0.15, 0.2) is 90.0 Å². The molecule has 3 aromatic carbocycles. The largest absolute Gasteiger partial charge is 0.365 e. The number of hydrazone groups is 1. The molecule has 0 heterocycles. The average molecular weight is 610 g/mol. The number of carbonyl (C=O) groups is 2. The zero-order valence-electron chi connectivity index (χ0n) is 23.6. The lowest BCUT2D eigenvalue weighted by atomic mass is 9.90. The Bertz CT molecular complexity index is 1460. The number of carbonyl (C=O) groups excluding carboxylic acids is 2. The van der Waals surface area contributed by atoms with Crippen LogP contribution in [0.4, 0.5) is 0 Å². The maximum Gasteiger partial charge on any atom is 0.266 e. The molecule has 0 radical (unpaired) electrons. The topological polar surface area (TPSA) is 198 Å². The van der Waals surface area contributed by atoms with Gasteiger partial charge in [0, 0.05) is 13.1 Å². The van der Waals surface area contributed by atoms with E-state index < -0.39 is 32.9 Å². The summed E-state index contributed by atoms with van der Waals surface area (Å²) in [5, 5.41) is 20.9. The minimum atomic E-state index is -3.42. The van der Waals surface area contributed by atoms with E-state index in [1.165, 1.54) is 7.05 Å². The van der Waals surface area contributed by atoms with E-state index >= 15 is 0 Å². The van der Waals surface area contributed by atoms with E-state index in [0.717, 1.165) is 16.7 Å². The first kappa shape index (κ1) is 32.7. The van der Waals surface area contributed by atoms with Crippen molar-refractivity contribution in [3.63, 3.8) is 0 Å². The van der Waals surface area contributed by atoms with Gasteiger partial charge in [0.25, 0.3) is 5.96 Å². The SMILES string of the molecule is CNS(=O)(=O)Cc1ccc(CNC(=O)[C@@H](CCCNC(N)=N[N+](=O)[O-])NC(=O)C(c2ccccc2)c2ccccc2)cc1. The maximum atomic E-state index is 13.7. The molecule has 14 heteroatoms. The van der Waals surface area contributed by atoms with Gasteiger partial charge < -0.3 is 21.7 Å². The average Bonchev–Trinajstić information content (AvgIpc) is 2.99. The quantitative estimate of drug-likeness (QED) is 0.0562. The summed E-state index contributed by atoms with van der Waals surface area (Å²) in [5.41, 5.74) is 8.33. The van der Waals surface area contributed by atoms with E-state index in [0.29, 0.717) is 12.0 Å². The van der Waals surface area contributed by atoms with Crippen molar-refractivity contribution in [2.45, 2.75) is 37.1 Å². The Kier molecular flexibility index (Phi) is 12.2. The predicted molar refractivity (Wildman–Crippen MR) is 162 cm³/mol. The first-order chi connectivity index (χ1) is 20.6. The molecule has 0 fully saturated rings. The third-order valence-electron chi connectivity index (χ3n) is 6.48. The summed E-state index contributed by atoms with van der Waals surface area (Å²) in [5.74, 6) is -1.99. The molecule has 2 amide bonds. The molecule has 0 saturated heterocycles. The number of guanidine groups is 1. The molecule has 3 rings (SSSR count). The first-order valence-electron chi connectivity index (χ1n) is 13.5. The number of rotatable bonds is 15. The summed E-state index contributed by atoms with van der Waals surface area (Å²) in [7, 11) is -2.07. The van der Waals surface area contributed by atoms with Gasteiger partial charge in [-0.05, 0) is 42.1 Å². The number of nitrogens with two attached hydrogens (primary N) is 1. The fourth-order valence-corrected chi connectivity index (χ4v) is 5.09. The summed E-state index contributed by atoms with van der Waals surface area (Å²) < 4.78 is 25.9. The van der Waals surface area contributed by atoms with Crippen molar-refractivity contribution in [2.75, 3.05) is 13.6 Å². The molecule has 0 bridgehead atoms. The van der Waals surface area contributed by atoms with E-state index in [-0.39, 0.29) is 37.1 Å². The number of nitro groups is 1. The molecular weight excluding hydrogens is 574 g/mol. The van der Waals surface area contributed by atoms with Gasteiger partial charge in [0.2, 0.25) is 21.8 Å². The highest BCUT2D eigenvalue weighted by Crippen LogP contribution is 2.25. The Morgan fingerprint density at radius 1 is 0.884 bits per heavy atom. The Balaban J connectivity index is 1.73. The highest BCUT2D eigenvalue weighted by Gasteiger charge is 2.27. The summed E-state index contributed by atoms with van der Waals surface area (Å²) in [4.78, 5) is 37.5. The lowest BCUT2D eigenvalue weighted by Crippen LogP contribution is -2.48. The van der Waals surface area contributed by atoms with Crippen molar-refractivity contribution in [3.05, 3.63) is 117 Å². The van der Waals surface area contributed by atoms with E-state index in [2.05, 4.69) is 25.8 Å². The predicted octanol–water partition coefficient (Wildman–Crippen LogP) is 1.55. The van der Waals surface area contributed by atoms with Crippen LogP contribution in [0.3, 0.4) is 0 Å². The summed E-state index contributed by atoms with van der Waals surface area (Å²) in [6, 6.07) is 24.3. The van der Waals surface area contributed by atoms with Crippen LogP contribution in [0.1, 0.15) is 41.0 Å². The van der Waals surface area contributed by atoms with Crippen molar-refractivity contribution in [1.82, 2.24) is 20.7 Å². The first-order valence-corrected chi connectivity index (χ1v) is 15.1. The monoisotopic (exact) mass is 609 g/mol. The number of benzene rings is 3. The van der Waals surface area contributed by atoms with E-state index in [1.807, 2.05) is 60.7 Å². The van der Waals surface area contributed by atoms with Crippen LogP contribution >= 0.6 is 0 Å². The summed E-state index contributed by atoms with van der Waals surface area (Å²) in [6.07, 6.45) is 0.537. The van der Waals surface area contributed by atoms with Crippen molar-refractivity contribution in [3.8, 4) is 0 Å². The molecule has 0 aromatic heterocycles. The molecule has 3 aromatic rings. The number of nitrogens with one attached hydrogen (secondary N) is 4. The molecule has 0 aliphatic heterocycles. The molecule has 0 spiro atoms. The molecular formula is C29H35N7O6S. The molecule has 0 saturated carbocycles. The minimum Gasteiger partial charge on any atom is -0.365 e. The molecule has 13 nitrogen and oxygen atoms in total. The highest BCUT2D eigenvalue weighted by molar-refractivity contribution is 7.88. The minimum absolute atomic E-state index is 0.145. The fraction of sp³-hybridized carbons (Fsp3) is 0.276. The van der Waals surface area contributed by atoms with Crippen LogP contribution in [0, 0.1) is 10.1 Å². The maximum absolute atomic E-state index is 13.7. The zero-order valence-corrected chi connectivity index (χ0v) is 24.4. The Morgan fingerprint density at radius 3 is 1.98 bits per heavy atom. The van der Waals surface area contributed by atoms with Gasteiger partial charge in [-0.2, -0.15) is 0 Å². The third kappa shape index (κ3) is 10.8. The van der Waals surface area contributed by atoms with Gasteiger partial charge in [0.05, 0.1) is 11.7 Å². The van der Waals surface area contributed by atoms with Crippen molar-refractivity contribution < 1.29 is 23.0 Å². The van der Waals surface area contributed by atoms with Crippen LogP contribution in [0.25, 0.3) is 0 Å². The Hall–Kier alpha value is -4.82. The third-order valence-corrected chi connectivity index (χ3v) is 7.82. The normalized spacial score (nSPS) is 12.4. The molecule has 1 atom stereocenters. The molecule has 43 heavy (non-hydrogen) atoms. The zero-order chi connectivity index (χ0) is 31.2. The molecule has 228 valence electrons. The number of amides is 2. The van der Waals surface area contributed by atoms with E-state index in [1.54, 1.807) is 24.3 Å². The molecule has 6 N–H and O–H groups in total. The van der Waals surface area contributed by atoms with Crippen molar-refractivity contribution in [2.24, 2.45) is 10.8 Å². The van der Waals surface area contributed by atoms with Gasteiger partial charge in [0.15, 0.2) is 5.03 Å². The second-order valence-corrected chi connectivity index (χ2v) is 11.5. The summed E-state index contributed by atoms with van der Waals surface area (Å²) >= 11 is 0. The van der Waals surface area contributed by atoms with Crippen LogP contribution < -0.4 is 26.4 Å². The Labute approximate surface area is 250 Å². The van der Waals surface area contributed by atoms with E-state index in [9.17, 15) is 28.1 Å². The smallest absolute Gasteiger partial charge is 0.266 e. The van der Waals surface area contributed by atoms with Gasteiger partial charge >= 0.3 is 0 Å². The van der Waals surface area contributed by atoms with Crippen LogP contribution in [0.5, 0.6) is 0 Å². The second kappa shape index (κ2) is 16.0. The fourth-order valence-electron chi connectivity index (χ4n) is 4.31. The number of hydrogen-bond donors (Lipinski definition) is 5. The Morgan fingerprint density at radius 2 is 1.44 bits per heavy atom. The van der Waals surface area contributed by atoms with Crippen LogP contribution in [-0.4, -0.2) is 50.9 Å². The van der Waals surface area contributed by atoms with Gasteiger partial charge in [0.1, 0.15) is 11.1 Å². The van der Waals surface area contributed by atoms with Crippen LogP contribution in [0.2, 0.25) is 0 Å². The molecule has 0 aliphatic carbocycles. The molecule has 0 unspecified atom stereocenters. The van der Waals surface area contributed by atoms with Gasteiger partial charge in [-0.3, -0.25) is 9.59 Å². The molecule has 0 aliphatic rings. The van der Waals surface area contributed by atoms with Crippen molar-refractivity contribution >= 4 is 27.8 Å². The van der Waals surface area contributed by atoms with Crippen molar-refractivity contribution in [1.29, 1.82) is 0 Å². The lowest BCUT2D eigenvalue weighted by molar-refractivity contribution is -0.485. The summed E-state index contributed by atoms with van der Waals surface area (Å²) in [6.45, 7) is 0.326. The number of hydrogen-bond acceptors (Lipinski definition) is 6. The lowest BCUT2D eigenvalue weighted by Gasteiger charge is -2.23. The highest BCUT2D eigenvalue weighted by atomic mass is 32.2. The van der Waals surface area contributed by atoms with Gasteiger partial charge in [-0.1, -0.05) is 84.9 Å². The second-order valence-electron chi connectivity index (χ2n) is 9.61. The number of sulfonamides is 1.